The van der Waals surface area contributed by atoms with Crippen molar-refractivity contribution in [1.82, 2.24) is 14.8 Å². The first-order valence-electron chi connectivity index (χ1n) is 8.59. The number of fused-ring (bicyclic) bond motifs is 3. The smallest absolute Gasteiger partial charge is 0.348 e. The van der Waals surface area contributed by atoms with E-state index in [0.717, 1.165) is 18.7 Å². The number of carbonyl (C=O) groups is 2. The van der Waals surface area contributed by atoms with Crippen LogP contribution < -0.4 is 4.90 Å². The zero-order chi connectivity index (χ0) is 19.1. The highest BCUT2D eigenvalue weighted by molar-refractivity contribution is 5.99. The molecule has 1 aromatic rings. The summed E-state index contributed by atoms with van der Waals surface area (Å²) in [5.74, 6) is -0.162. The summed E-state index contributed by atoms with van der Waals surface area (Å²) in [5, 5.41) is 0. The van der Waals surface area contributed by atoms with E-state index in [9.17, 15) is 22.8 Å². The molecule has 3 rings (SSSR count). The van der Waals surface area contributed by atoms with Gasteiger partial charge < -0.3 is 14.7 Å². The van der Waals surface area contributed by atoms with Gasteiger partial charge in [0, 0.05) is 45.8 Å². The summed E-state index contributed by atoms with van der Waals surface area (Å²) < 4.78 is 39.0. The number of pyridine rings is 1. The number of piperazine rings is 1. The van der Waals surface area contributed by atoms with Crippen molar-refractivity contribution in [3.8, 4) is 0 Å². The van der Waals surface area contributed by atoms with Crippen LogP contribution in [0.25, 0.3) is 0 Å². The van der Waals surface area contributed by atoms with E-state index in [4.69, 9.17) is 0 Å². The van der Waals surface area contributed by atoms with Crippen molar-refractivity contribution >= 4 is 17.6 Å². The topological polar surface area (TPSA) is 56.8 Å². The van der Waals surface area contributed by atoms with Gasteiger partial charge in [-0.15, -0.1) is 0 Å². The summed E-state index contributed by atoms with van der Waals surface area (Å²) in [4.78, 5) is 33.8. The first-order chi connectivity index (χ1) is 12.2. The van der Waals surface area contributed by atoms with E-state index in [0.29, 0.717) is 32.6 Å². The Bertz CT molecular complexity index is 722. The first kappa shape index (κ1) is 18.5. The van der Waals surface area contributed by atoms with Crippen LogP contribution in [0.5, 0.6) is 0 Å². The van der Waals surface area contributed by atoms with Crippen LogP contribution in [0.3, 0.4) is 0 Å². The Hall–Kier alpha value is -2.32. The van der Waals surface area contributed by atoms with E-state index in [1.165, 1.54) is 4.90 Å². The fourth-order valence-corrected chi connectivity index (χ4v) is 3.49. The van der Waals surface area contributed by atoms with Crippen LogP contribution in [-0.2, 0) is 11.0 Å². The molecule has 1 atom stereocenters. The van der Waals surface area contributed by atoms with Crippen LogP contribution in [-0.4, -0.2) is 65.9 Å². The van der Waals surface area contributed by atoms with Crippen LogP contribution in [0.4, 0.5) is 19.0 Å². The minimum atomic E-state index is -4.56. The zero-order valence-corrected chi connectivity index (χ0v) is 14.7. The third kappa shape index (κ3) is 3.34. The summed E-state index contributed by atoms with van der Waals surface area (Å²) in [6.07, 6.45) is -2.57. The Balaban J connectivity index is 1.94. The number of anilines is 1. The molecule has 0 saturated carbocycles. The minimum Gasteiger partial charge on any atom is -0.348 e. The molecule has 2 amide bonds. The number of nitrogens with zero attached hydrogens (tertiary/aromatic N) is 4. The molecule has 0 aromatic carbocycles. The molecule has 1 fully saturated rings. The third-order valence-corrected chi connectivity index (χ3v) is 4.83. The van der Waals surface area contributed by atoms with Crippen LogP contribution in [0.15, 0.2) is 12.3 Å². The molecule has 1 aromatic heterocycles. The molecule has 142 valence electrons. The predicted molar refractivity (Wildman–Crippen MR) is 88.8 cm³/mol. The quantitative estimate of drug-likeness (QED) is 0.799. The van der Waals surface area contributed by atoms with Gasteiger partial charge in [-0.05, 0) is 12.5 Å². The highest BCUT2D eigenvalue weighted by Gasteiger charge is 2.39. The second kappa shape index (κ2) is 6.77. The van der Waals surface area contributed by atoms with Crippen molar-refractivity contribution in [3.05, 3.63) is 23.4 Å². The maximum absolute atomic E-state index is 13.0. The summed E-state index contributed by atoms with van der Waals surface area (Å²) in [5.41, 5.74) is -0.980. The van der Waals surface area contributed by atoms with Gasteiger partial charge in [-0.2, -0.15) is 13.2 Å². The SMILES string of the molecule is CCCC(=O)N1CCN2c3ncc(C(F)(F)F)cc3C(=O)N(C)C[C@@H]2C1. The van der Waals surface area contributed by atoms with Crippen LogP contribution in [0.1, 0.15) is 35.7 Å². The van der Waals surface area contributed by atoms with Crippen molar-refractivity contribution < 1.29 is 22.8 Å². The van der Waals surface area contributed by atoms with Gasteiger partial charge in [0.1, 0.15) is 5.82 Å². The largest absolute Gasteiger partial charge is 0.417 e. The molecule has 2 aliphatic rings. The Morgan fingerprint density at radius 2 is 2.04 bits per heavy atom. The number of aromatic nitrogens is 1. The molecular weight excluding hydrogens is 349 g/mol. The number of carbonyl (C=O) groups excluding carboxylic acids is 2. The van der Waals surface area contributed by atoms with E-state index in [1.807, 2.05) is 11.8 Å². The molecule has 2 aliphatic heterocycles. The van der Waals surface area contributed by atoms with Gasteiger partial charge in [0.2, 0.25) is 5.91 Å². The maximum Gasteiger partial charge on any atom is 0.417 e. The number of hydrogen-bond acceptors (Lipinski definition) is 4. The molecule has 0 N–H and O–H groups in total. The Labute approximate surface area is 149 Å². The Morgan fingerprint density at radius 1 is 1.31 bits per heavy atom. The highest BCUT2D eigenvalue weighted by atomic mass is 19.4. The van der Waals surface area contributed by atoms with Crippen LogP contribution in [0.2, 0.25) is 0 Å². The lowest BCUT2D eigenvalue weighted by atomic mass is 10.1. The fraction of sp³-hybridized carbons (Fsp3) is 0.588. The lowest BCUT2D eigenvalue weighted by Crippen LogP contribution is -2.57. The molecule has 26 heavy (non-hydrogen) atoms. The molecule has 1 saturated heterocycles. The van der Waals surface area contributed by atoms with Gasteiger partial charge >= 0.3 is 6.18 Å². The summed E-state index contributed by atoms with van der Waals surface area (Å²) in [6.45, 7) is 3.59. The number of rotatable bonds is 2. The van der Waals surface area contributed by atoms with Crippen molar-refractivity contribution in [3.63, 3.8) is 0 Å². The summed E-state index contributed by atoms with van der Waals surface area (Å²) >= 11 is 0. The average molecular weight is 370 g/mol. The number of likely N-dealkylation sites (N-methyl/N-ethyl adjacent to an activating group) is 1. The summed E-state index contributed by atoms with van der Waals surface area (Å²) in [7, 11) is 1.56. The second-order valence-electron chi connectivity index (χ2n) is 6.72. The molecule has 0 unspecified atom stereocenters. The monoisotopic (exact) mass is 370 g/mol. The first-order valence-corrected chi connectivity index (χ1v) is 8.59. The Morgan fingerprint density at radius 3 is 2.69 bits per heavy atom. The number of hydrogen-bond donors (Lipinski definition) is 0. The van der Waals surface area contributed by atoms with Crippen molar-refractivity contribution in [2.24, 2.45) is 0 Å². The number of alkyl halides is 3. The highest BCUT2D eigenvalue weighted by Crippen LogP contribution is 2.34. The van der Waals surface area contributed by atoms with E-state index < -0.39 is 17.6 Å². The molecule has 0 radical (unpaired) electrons. The molecule has 0 spiro atoms. The van der Waals surface area contributed by atoms with Crippen molar-refractivity contribution in [2.75, 3.05) is 38.1 Å². The van der Waals surface area contributed by atoms with Gasteiger partial charge in [-0.25, -0.2) is 4.98 Å². The van der Waals surface area contributed by atoms with E-state index in [-0.39, 0.29) is 23.3 Å². The molecule has 3 heterocycles. The third-order valence-electron chi connectivity index (χ3n) is 4.83. The van der Waals surface area contributed by atoms with Crippen molar-refractivity contribution in [2.45, 2.75) is 32.0 Å². The molecule has 0 aliphatic carbocycles. The number of amides is 2. The van der Waals surface area contributed by atoms with Gasteiger partial charge in [-0.1, -0.05) is 6.92 Å². The predicted octanol–water partition coefficient (Wildman–Crippen LogP) is 2.00. The van der Waals surface area contributed by atoms with Gasteiger partial charge in [0.25, 0.3) is 5.91 Å². The van der Waals surface area contributed by atoms with Gasteiger partial charge in [0.05, 0.1) is 17.2 Å². The van der Waals surface area contributed by atoms with E-state index in [1.54, 1.807) is 11.9 Å². The molecule has 9 heteroatoms. The normalized spacial score (nSPS) is 20.6. The van der Waals surface area contributed by atoms with E-state index in [2.05, 4.69) is 4.98 Å². The Kier molecular flexibility index (Phi) is 4.81. The van der Waals surface area contributed by atoms with Gasteiger partial charge in [-0.3, -0.25) is 9.59 Å². The fourth-order valence-electron chi connectivity index (χ4n) is 3.49. The standard InChI is InChI=1S/C17H21F3N4O2/c1-3-4-14(25)23-5-6-24-12(10-23)9-22(2)16(26)13-7-11(17(18,19)20)8-21-15(13)24/h7-8,12H,3-6,9-10H2,1-2H3/t12-/m1/s1. The number of halogens is 3. The second-order valence-corrected chi connectivity index (χ2v) is 6.72. The van der Waals surface area contributed by atoms with E-state index >= 15 is 0 Å². The molecule has 6 nitrogen and oxygen atoms in total. The molecular formula is C17H21F3N4O2. The van der Waals surface area contributed by atoms with Crippen LogP contribution in [0, 0.1) is 0 Å². The lowest BCUT2D eigenvalue weighted by molar-refractivity contribution is -0.138. The van der Waals surface area contributed by atoms with Crippen LogP contribution >= 0.6 is 0 Å². The lowest BCUT2D eigenvalue weighted by Gasteiger charge is -2.42. The summed E-state index contributed by atoms with van der Waals surface area (Å²) in [6, 6.07) is 0.682. The maximum atomic E-state index is 13.0. The minimum absolute atomic E-state index is 0.0434. The zero-order valence-electron chi connectivity index (χ0n) is 14.7. The molecule has 0 bridgehead atoms. The van der Waals surface area contributed by atoms with Gasteiger partial charge in [0.15, 0.2) is 0 Å². The van der Waals surface area contributed by atoms with Crippen molar-refractivity contribution in [1.29, 1.82) is 0 Å². The average Bonchev–Trinajstić information content (AvgIpc) is 2.69.